The third-order valence-corrected chi connectivity index (χ3v) is 2.68. The summed E-state index contributed by atoms with van der Waals surface area (Å²) in [7, 11) is 0. The van der Waals surface area contributed by atoms with Crippen molar-refractivity contribution in [2.45, 2.75) is 58.4 Å². The van der Waals surface area contributed by atoms with Gasteiger partial charge in [-0.25, -0.2) is 0 Å². The van der Waals surface area contributed by atoms with Crippen molar-refractivity contribution in [3.63, 3.8) is 0 Å². The number of carbonyl (C=O) groups is 1. The van der Waals surface area contributed by atoms with Gasteiger partial charge in [0.25, 0.3) is 0 Å². The molecule has 1 amide bonds. The molecule has 0 aliphatic rings. The first kappa shape index (κ1) is 13.4. The van der Waals surface area contributed by atoms with Crippen LogP contribution in [0.4, 0.5) is 0 Å². The molecule has 0 spiro atoms. The van der Waals surface area contributed by atoms with Gasteiger partial charge in [0.15, 0.2) is 0 Å². The summed E-state index contributed by atoms with van der Waals surface area (Å²) in [6.07, 6.45) is 4.76. The van der Waals surface area contributed by atoms with E-state index in [1.165, 1.54) is 0 Å². The number of carbonyl (C=O) groups excluding carboxylic acids is 1. The molecule has 0 aliphatic carbocycles. The van der Waals surface area contributed by atoms with Gasteiger partial charge in [-0.3, -0.25) is 4.79 Å². The molecule has 0 aromatic carbocycles. The number of nitrogens with two attached hydrogens (primary N) is 1. The Bertz CT molecular complexity index is 165. The molecule has 0 fully saturated rings. The smallest absolute Gasteiger partial charge is 0.220 e. The zero-order valence-corrected chi connectivity index (χ0v) is 9.73. The fourth-order valence-corrected chi connectivity index (χ4v) is 1.22. The van der Waals surface area contributed by atoms with Crippen molar-refractivity contribution in [3.8, 4) is 0 Å². The summed E-state index contributed by atoms with van der Waals surface area (Å²) in [6, 6.07) is 0. The molecule has 3 N–H and O–H groups in total. The molecule has 3 nitrogen and oxygen atoms in total. The van der Waals surface area contributed by atoms with Crippen LogP contribution >= 0.6 is 0 Å². The van der Waals surface area contributed by atoms with E-state index in [0.717, 1.165) is 25.7 Å². The van der Waals surface area contributed by atoms with Crippen LogP contribution in [0, 0.1) is 0 Å². The van der Waals surface area contributed by atoms with Gasteiger partial charge in [0.2, 0.25) is 5.91 Å². The zero-order valence-electron chi connectivity index (χ0n) is 9.73. The maximum absolute atomic E-state index is 11.5. The number of hydrogen-bond acceptors (Lipinski definition) is 2. The van der Waals surface area contributed by atoms with Gasteiger partial charge < -0.3 is 11.1 Å². The van der Waals surface area contributed by atoms with Gasteiger partial charge in [-0.2, -0.15) is 0 Å². The predicted octanol–water partition coefficient (Wildman–Crippen LogP) is 1.81. The molecule has 0 rings (SSSR count). The summed E-state index contributed by atoms with van der Waals surface area (Å²) in [5.74, 6) is 0.133. The van der Waals surface area contributed by atoms with Gasteiger partial charge >= 0.3 is 0 Å². The van der Waals surface area contributed by atoms with Crippen LogP contribution in [0.15, 0.2) is 0 Å². The minimum absolute atomic E-state index is 0.133. The van der Waals surface area contributed by atoms with Crippen molar-refractivity contribution in [1.29, 1.82) is 0 Å². The highest BCUT2D eigenvalue weighted by Gasteiger charge is 2.21. The second-order valence-electron chi connectivity index (χ2n) is 4.12. The molecule has 84 valence electrons. The van der Waals surface area contributed by atoms with E-state index in [2.05, 4.69) is 12.2 Å². The monoisotopic (exact) mass is 200 g/mol. The van der Waals surface area contributed by atoms with Gasteiger partial charge in [-0.1, -0.05) is 26.7 Å². The predicted molar refractivity (Wildman–Crippen MR) is 60.0 cm³/mol. The number of rotatable bonds is 7. The van der Waals surface area contributed by atoms with Crippen LogP contribution < -0.4 is 11.1 Å². The van der Waals surface area contributed by atoms with Crippen LogP contribution in [0.1, 0.15) is 52.9 Å². The van der Waals surface area contributed by atoms with Crippen LogP contribution in [-0.2, 0) is 4.79 Å². The molecule has 0 saturated carbocycles. The average Bonchev–Trinajstić information content (AvgIpc) is 2.18. The van der Waals surface area contributed by atoms with Crippen LogP contribution in [0.25, 0.3) is 0 Å². The molecule has 0 saturated heterocycles. The molecule has 0 aromatic heterocycles. The van der Waals surface area contributed by atoms with Crippen LogP contribution in [0.3, 0.4) is 0 Å². The largest absolute Gasteiger partial charge is 0.350 e. The van der Waals surface area contributed by atoms with Gasteiger partial charge in [0.05, 0.1) is 0 Å². The highest BCUT2D eigenvalue weighted by atomic mass is 16.1. The number of hydrogen-bond donors (Lipinski definition) is 2. The van der Waals surface area contributed by atoms with E-state index >= 15 is 0 Å². The summed E-state index contributed by atoms with van der Waals surface area (Å²) >= 11 is 0. The molecule has 0 heterocycles. The van der Waals surface area contributed by atoms with Crippen LogP contribution in [-0.4, -0.2) is 18.0 Å². The lowest BCUT2D eigenvalue weighted by atomic mass is 9.99. The first-order valence-electron chi connectivity index (χ1n) is 5.59. The van der Waals surface area contributed by atoms with E-state index in [4.69, 9.17) is 5.73 Å². The minimum atomic E-state index is -0.219. The Morgan fingerprint density at radius 1 is 1.36 bits per heavy atom. The molecular weight excluding hydrogens is 176 g/mol. The number of unbranched alkanes of at least 4 members (excludes halogenated alkanes) is 2. The van der Waals surface area contributed by atoms with E-state index in [1.54, 1.807) is 0 Å². The fraction of sp³-hybridized carbons (Fsp3) is 0.909. The second-order valence-corrected chi connectivity index (χ2v) is 4.12. The van der Waals surface area contributed by atoms with Gasteiger partial charge in [0, 0.05) is 18.5 Å². The van der Waals surface area contributed by atoms with E-state index < -0.39 is 0 Å². The molecule has 14 heavy (non-hydrogen) atoms. The van der Waals surface area contributed by atoms with Crippen molar-refractivity contribution in [1.82, 2.24) is 5.32 Å². The topological polar surface area (TPSA) is 55.1 Å². The molecule has 3 heteroatoms. The summed E-state index contributed by atoms with van der Waals surface area (Å²) < 4.78 is 0. The Labute approximate surface area is 87.4 Å². The first-order valence-corrected chi connectivity index (χ1v) is 5.59. The van der Waals surface area contributed by atoms with Crippen molar-refractivity contribution >= 4 is 5.91 Å². The SMILES string of the molecule is CCCCCC(=O)NC(C)(CC)CN. The van der Waals surface area contributed by atoms with E-state index in [1.807, 2.05) is 13.8 Å². The van der Waals surface area contributed by atoms with Gasteiger partial charge in [0.1, 0.15) is 0 Å². The Morgan fingerprint density at radius 3 is 2.43 bits per heavy atom. The van der Waals surface area contributed by atoms with Crippen LogP contribution in [0.2, 0.25) is 0 Å². The Morgan fingerprint density at radius 2 is 2.00 bits per heavy atom. The number of nitrogens with one attached hydrogen (secondary N) is 1. The van der Waals surface area contributed by atoms with Crippen LogP contribution in [0.5, 0.6) is 0 Å². The highest BCUT2D eigenvalue weighted by Crippen LogP contribution is 2.08. The van der Waals surface area contributed by atoms with Crippen molar-refractivity contribution in [3.05, 3.63) is 0 Å². The maximum Gasteiger partial charge on any atom is 0.220 e. The Hall–Kier alpha value is -0.570. The van der Waals surface area contributed by atoms with E-state index in [0.29, 0.717) is 13.0 Å². The van der Waals surface area contributed by atoms with Crippen molar-refractivity contribution in [2.75, 3.05) is 6.54 Å². The molecule has 0 aliphatic heterocycles. The average molecular weight is 200 g/mol. The molecular formula is C11H24N2O. The second kappa shape index (κ2) is 6.82. The third-order valence-electron chi connectivity index (χ3n) is 2.68. The first-order chi connectivity index (χ1) is 6.58. The van der Waals surface area contributed by atoms with Crippen molar-refractivity contribution < 1.29 is 4.79 Å². The Balaban J connectivity index is 3.80. The standard InChI is InChI=1S/C11H24N2O/c1-4-6-7-8-10(14)13-11(3,5-2)9-12/h4-9,12H2,1-3H3,(H,13,14). The summed E-state index contributed by atoms with van der Waals surface area (Å²) in [5.41, 5.74) is 5.39. The molecule has 0 radical (unpaired) electrons. The third kappa shape index (κ3) is 5.22. The molecule has 0 aromatic rings. The summed E-state index contributed by atoms with van der Waals surface area (Å²) in [5, 5.41) is 2.99. The minimum Gasteiger partial charge on any atom is -0.350 e. The lowest BCUT2D eigenvalue weighted by Crippen LogP contribution is -2.50. The van der Waals surface area contributed by atoms with Crippen molar-refractivity contribution in [2.24, 2.45) is 5.73 Å². The molecule has 1 unspecified atom stereocenters. The zero-order chi connectivity index (χ0) is 11.0. The lowest BCUT2D eigenvalue weighted by Gasteiger charge is -2.27. The lowest BCUT2D eigenvalue weighted by molar-refractivity contribution is -0.122. The van der Waals surface area contributed by atoms with E-state index in [-0.39, 0.29) is 11.4 Å². The highest BCUT2D eigenvalue weighted by molar-refractivity contribution is 5.76. The summed E-state index contributed by atoms with van der Waals surface area (Å²) in [4.78, 5) is 11.5. The number of amides is 1. The molecule has 1 atom stereocenters. The summed E-state index contributed by atoms with van der Waals surface area (Å²) in [6.45, 7) is 6.67. The van der Waals surface area contributed by atoms with Gasteiger partial charge in [-0.05, 0) is 19.8 Å². The fourth-order valence-electron chi connectivity index (χ4n) is 1.22. The maximum atomic E-state index is 11.5. The Kier molecular flexibility index (Phi) is 6.54. The normalized spacial score (nSPS) is 14.9. The molecule has 0 bridgehead atoms. The quantitative estimate of drug-likeness (QED) is 0.616. The van der Waals surface area contributed by atoms with Gasteiger partial charge in [-0.15, -0.1) is 0 Å². The van der Waals surface area contributed by atoms with E-state index in [9.17, 15) is 4.79 Å².